The minimum atomic E-state index is 0.821. The van der Waals surface area contributed by atoms with Crippen molar-refractivity contribution in [2.45, 2.75) is 51.0 Å². The van der Waals surface area contributed by atoms with Crippen LogP contribution in [0.2, 0.25) is 0 Å². The van der Waals surface area contributed by atoms with Crippen molar-refractivity contribution in [3.63, 3.8) is 0 Å². The third-order valence-electron chi connectivity index (χ3n) is 4.36. The number of rotatable bonds is 11. The molecule has 0 atom stereocenters. The van der Waals surface area contributed by atoms with Crippen molar-refractivity contribution in [3.05, 3.63) is 48.0 Å². The number of hydrogen-bond acceptors (Lipinski definition) is 4. The summed E-state index contributed by atoms with van der Waals surface area (Å²) >= 11 is 4.76. The van der Waals surface area contributed by atoms with Crippen LogP contribution in [0.3, 0.4) is 0 Å². The fourth-order valence-electron chi connectivity index (χ4n) is 2.96. The van der Waals surface area contributed by atoms with Gasteiger partial charge in [0.15, 0.2) is 5.75 Å². The monoisotopic (exact) mass is 372 g/mol. The van der Waals surface area contributed by atoms with Gasteiger partial charge in [-0.1, -0.05) is 44.9 Å². The second-order valence-corrected chi connectivity index (χ2v) is 7.08. The topological polar surface area (TPSA) is 24.5 Å². The van der Waals surface area contributed by atoms with Gasteiger partial charge in [0, 0.05) is 24.5 Å². The molecule has 2 aromatic rings. The molecule has 2 rings (SSSR count). The first-order valence-electron chi connectivity index (χ1n) is 9.67. The third kappa shape index (κ3) is 5.96. The van der Waals surface area contributed by atoms with Crippen molar-refractivity contribution in [2.75, 3.05) is 25.0 Å². The molecule has 0 unspecified atom stereocenters. The molecule has 0 radical (unpaired) electrons. The van der Waals surface area contributed by atoms with Crippen molar-refractivity contribution in [1.82, 2.24) is 5.32 Å². The Hall–Kier alpha value is -1.65. The highest BCUT2D eigenvalue weighted by molar-refractivity contribution is 7.80. The quantitative estimate of drug-likeness (QED) is 0.481. The molecule has 0 aliphatic rings. The van der Waals surface area contributed by atoms with Gasteiger partial charge >= 0.3 is 0 Å². The van der Waals surface area contributed by atoms with Crippen LogP contribution in [0.1, 0.15) is 45.1 Å². The first kappa shape index (κ1) is 20.7. The van der Waals surface area contributed by atoms with Crippen LogP contribution in [0.5, 0.6) is 11.5 Å². The van der Waals surface area contributed by atoms with E-state index in [0.717, 1.165) is 41.7 Å². The molecule has 3 nitrogen and oxygen atoms in total. The molecule has 0 bridgehead atoms. The van der Waals surface area contributed by atoms with E-state index in [1.165, 1.54) is 31.2 Å². The largest absolute Gasteiger partial charge is 0.454 e. The SMILES string of the molecule is CCCCN(CCCC)c1cc(CNC)cc(S)c1Oc1ccccc1. The minimum absolute atomic E-state index is 0.821. The number of para-hydroxylation sites is 1. The van der Waals surface area contributed by atoms with Crippen LogP contribution in [-0.2, 0) is 6.54 Å². The number of nitrogens with zero attached hydrogens (tertiary/aromatic N) is 1. The van der Waals surface area contributed by atoms with E-state index in [-0.39, 0.29) is 0 Å². The van der Waals surface area contributed by atoms with E-state index in [1.807, 2.05) is 37.4 Å². The van der Waals surface area contributed by atoms with Gasteiger partial charge in [0.1, 0.15) is 5.75 Å². The maximum atomic E-state index is 6.28. The van der Waals surface area contributed by atoms with Crippen LogP contribution in [0.15, 0.2) is 47.4 Å². The predicted octanol–water partition coefficient (Wildman–Crippen LogP) is 5.89. The molecule has 0 saturated heterocycles. The highest BCUT2D eigenvalue weighted by atomic mass is 32.1. The maximum absolute atomic E-state index is 6.28. The zero-order valence-corrected chi connectivity index (χ0v) is 17.2. The Kier molecular flexibility index (Phi) is 8.86. The number of unbranched alkanes of at least 4 members (excludes halogenated alkanes) is 2. The summed E-state index contributed by atoms with van der Waals surface area (Å²) in [4.78, 5) is 3.35. The average molecular weight is 373 g/mol. The lowest BCUT2D eigenvalue weighted by Crippen LogP contribution is -2.26. The number of nitrogens with one attached hydrogen (secondary N) is 1. The normalized spacial score (nSPS) is 10.8. The van der Waals surface area contributed by atoms with Crippen LogP contribution in [0.25, 0.3) is 0 Å². The lowest BCUT2D eigenvalue weighted by molar-refractivity contribution is 0.468. The molecule has 0 fully saturated rings. The Labute approximate surface area is 164 Å². The Balaban J connectivity index is 2.42. The van der Waals surface area contributed by atoms with Crippen LogP contribution < -0.4 is 15.0 Å². The van der Waals surface area contributed by atoms with Gasteiger partial charge in [-0.25, -0.2) is 0 Å². The zero-order chi connectivity index (χ0) is 18.8. The number of hydrogen-bond donors (Lipinski definition) is 2. The molecule has 0 aliphatic carbocycles. The van der Waals surface area contributed by atoms with Crippen LogP contribution >= 0.6 is 12.6 Å². The van der Waals surface area contributed by atoms with Crippen LogP contribution in [0.4, 0.5) is 5.69 Å². The van der Waals surface area contributed by atoms with Crippen LogP contribution in [0, 0.1) is 0 Å². The van der Waals surface area contributed by atoms with E-state index >= 15 is 0 Å². The molecular formula is C22H32N2OS. The van der Waals surface area contributed by atoms with E-state index in [0.29, 0.717) is 0 Å². The van der Waals surface area contributed by atoms with Gasteiger partial charge in [0.05, 0.1) is 5.69 Å². The second kappa shape index (κ2) is 11.1. The Bertz CT molecular complexity index is 653. The highest BCUT2D eigenvalue weighted by Crippen LogP contribution is 2.39. The summed E-state index contributed by atoms with van der Waals surface area (Å²) in [5.74, 6) is 1.70. The summed E-state index contributed by atoms with van der Waals surface area (Å²) in [6, 6.07) is 14.3. The summed E-state index contributed by atoms with van der Waals surface area (Å²) in [5, 5.41) is 3.24. The van der Waals surface area contributed by atoms with E-state index in [9.17, 15) is 0 Å². The number of anilines is 1. The van der Waals surface area contributed by atoms with E-state index in [4.69, 9.17) is 17.4 Å². The molecule has 1 N–H and O–H groups in total. The molecule has 142 valence electrons. The van der Waals surface area contributed by atoms with E-state index < -0.39 is 0 Å². The number of benzene rings is 2. The van der Waals surface area contributed by atoms with E-state index in [2.05, 4.69) is 36.2 Å². The van der Waals surface area contributed by atoms with Crippen molar-refractivity contribution in [2.24, 2.45) is 0 Å². The molecule has 0 aromatic heterocycles. The number of ether oxygens (including phenoxy) is 1. The summed E-state index contributed by atoms with van der Waals surface area (Å²) in [5.41, 5.74) is 2.37. The zero-order valence-electron chi connectivity index (χ0n) is 16.3. The molecule has 0 spiro atoms. The lowest BCUT2D eigenvalue weighted by atomic mass is 10.1. The first-order chi connectivity index (χ1) is 12.7. The Morgan fingerprint density at radius 3 is 2.23 bits per heavy atom. The van der Waals surface area contributed by atoms with Gasteiger partial charge < -0.3 is 15.0 Å². The molecule has 26 heavy (non-hydrogen) atoms. The average Bonchev–Trinajstić information content (AvgIpc) is 2.65. The van der Waals surface area contributed by atoms with Gasteiger partial charge in [-0.15, -0.1) is 12.6 Å². The van der Waals surface area contributed by atoms with Gasteiger partial charge in [-0.2, -0.15) is 0 Å². The maximum Gasteiger partial charge on any atom is 0.164 e. The molecule has 4 heteroatoms. The van der Waals surface area contributed by atoms with Gasteiger partial charge in [-0.3, -0.25) is 0 Å². The van der Waals surface area contributed by atoms with Crippen molar-refractivity contribution < 1.29 is 4.74 Å². The smallest absolute Gasteiger partial charge is 0.164 e. The first-order valence-corrected chi connectivity index (χ1v) is 10.1. The molecule has 0 saturated carbocycles. The molecule has 0 heterocycles. The van der Waals surface area contributed by atoms with Crippen molar-refractivity contribution in [1.29, 1.82) is 0 Å². The Morgan fingerprint density at radius 1 is 1.00 bits per heavy atom. The summed E-state index contributed by atoms with van der Waals surface area (Å²) in [6.07, 6.45) is 4.71. The lowest BCUT2D eigenvalue weighted by Gasteiger charge is -2.28. The standard InChI is InChI=1S/C22H32N2OS/c1-4-6-13-24(14-7-5-2)20-15-18(17-23-3)16-21(26)22(20)25-19-11-9-8-10-12-19/h8-12,15-16,23,26H,4-7,13-14,17H2,1-3H3. The minimum Gasteiger partial charge on any atom is -0.454 e. The summed E-state index contributed by atoms with van der Waals surface area (Å²) in [7, 11) is 1.97. The fraction of sp³-hybridized carbons (Fsp3) is 0.455. The summed E-state index contributed by atoms with van der Waals surface area (Å²) < 4.78 is 6.28. The van der Waals surface area contributed by atoms with Crippen molar-refractivity contribution >= 4 is 18.3 Å². The molecular weight excluding hydrogens is 340 g/mol. The summed E-state index contributed by atoms with van der Waals surface area (Å²) in [6.45, 7) is 7.37. The molecule has 0 amide bonds. The highest BCUT2D eigenvalue weighted by Gasteiger charge is 2.17. The molecule has 0 aliphatic heterocycles. The second-order valence-electron chi connectivity index (χ2n) is 6.60. The van der Waals surface area contributed by atoms with Crippen molar-refractivity contribution in [3.8, 4) is 11.5 Å². The number of thiol groups is 1. The molecule has 2 aromatic carbocycles. The fourth-order valence-corrected chi connectivity index (χ4v) is 3.28. The van der Waals surface area contributed by atoms with Gasteiger partial charge in [0.2, 0.25) is 0 Å². The predicted molar refractivity (Wildman–Crippen MR) is 115 cm³/mol. The van der Waals surface area contributed by atoms with E-state index in [1.54, 1.807) is 0 Å². The van der Waals surface area contributed by atoms with Crippen LogP contribution in [-0.4, -0.2) is 20.1 Å². The Morgan fingerprint density at radius 2 is 1.65 bits per heavy atom. The third-order valence-corrected chi connectivity index (χ3v) is 4.69. The van der Waals surface area contributed by atoms with Gasteiger partial charge in [-0.05, 0) is 49.7 Å². The van der Waals surface area contributed by atoms with Gasteiger partial charge in [0.25, 0.3) is 0 Å².